The molecule has 3 rings (SSSR count). The molecule has 0 saturated heterocycles. The van der Waals surface area contributed by atoms with Gasteiger partial charge < -0.3 is 9.47 Å². The summed E-state index contributed by atoms with van der Waals surface area (Å²) in [5, 5.41) is 0. The number of aromatic nitrogens is 1. The van der Waals surface area contributed by atoms with Gasteiger partial charge in [-0.15, -0.1) is 0 Å². The molecule has 0 radical (unpaired) electrons. The molecule has 0 spiro atoms. The van der Waals surface area contributed by atoms with E-state index in [1.807, 2.05) is 17.0 Å². The number of rotatable bonds is 9. The van der Waals surface area contributed by atoms with Gasteiger partial charge in [-0.2, -0.15) is 0 Å². The lowest BCUT2D eigenvalue weighted by atomic mass is 9.86. The zero-order chi connectivity index (χ0) is 23.1. The minimum atomic E-state index is 0.0824. The Bertz CT molecular complexity index is 1010. The number of unbranched alkanes of at least 4 members (excludes halogenated alkanes) is 2. The Morgan fingerprint density at radius 2 is 1.72 bits per heavy atom. The number of carbonyl (C=O) groups is 1. The average molecular weight is 431 g/mol. The lowest BCUT2D eigenvalue weighted by molar-refractivity contribution is 0.0736. The Kier molecular flexibility index (Phi) is 7.95. The normalized spacial score (nSPS) is 11.5. The van der Waals surface area contributed by atoms with Gasteiger partial charge in [-0.25, -0.2) is 0 Å². The van der Waals surface area contributed by atoms with Crippen molar-refractivity contribution in [1.82, 2.24) is 9.47 Å². The molecule has 0 bridgehead atoms. The molecule has 1 amide bonds. The minimum absolute atomic E-state index is 0.0824. The highest BCUT2D eigenvalue weighted by molar-refractivity contribution is 5.94. The molecule has 3 heteroatoms. The van der Waals surface area contributed by atoms with E-state index in [-0.39, 0.29) is 11.3 Å². The van der Waals surface area contributed by atoms with E-state index in [4.69, 9.17) is 0 Å². The van der Waals surface area contributed by atoms with E-state index < -0.39 is 0 Å². The molecule has 0 aliphatic carbocycles. The summed E-state index contributed by atoms with van der Waals surface area (Å²) in [6, 6.07) is 21.0. The van der Waals surface area contributed by atoms with E-state index in [0.717, 1.165) is 37.9 Å². The van der Waals surface area contributed by atoms with E-state index in [0.29, 0.717) is 6.54 Å². The van der Waals surface area contributed by atoms with Gasteiger partial charge in [0.15, 0.2) is 0 Å². The predicted molar refractivity (Wildman–Crippen MR) is 134 cm³/mol. The summed E-state index contributed by atoms with van der Waals surface area (Å²) in [5.41, 5.74) is 5.82. The maximum atomic E-state index is 13.5. The molecular formula is C29H38N2O. The number of hydrogen-bond donors (Lipinski definition) is 0. The van der Waals surface area contributed by atoms with Crippen molar-refractivity contribution in [3.05, 3.63) is 94.8 Å². The third-order valence-corrected chi connectivity index (χ3v) is 6.03. The molecule has 1 aromatic heterocycles. The van der Waals surface area contributed by atoms with Crippen LogP contribution in [0.1, 0.15) is 79.7 Å². The van der Waals surface area contributed by atoms with Crippen molar-refractivity contribution in [2.75, 3.05) is 6.54 Å². The topological polar surface area (TPSA) is 25.2 Å². The second-order valence-electron chi connectivity index (χ2n) is 9.88. The number of benzene rings is 2. The third-order valence-electron chi connectivity index (χ3n) is 6.03. The SMILES string of the molecule is CCCCCN(Cc1cccn1Cc1cccc(C)c1)C(=O)c1ccc(C(C)(C)C)cc1. The summed E-state index contributed by atoms with van der Waals surface area (Å²) < 4.78 is 2.26. The van der Waals surface area contributed by atoms with E-state index in [1.54, 1.807) is 0 Å². The number of aryl methyl sites for hydroxylation is 1. The number of hydrogen-bond acceptors (Lipinski definition) is 1. The van der Waals surface area contributed by atoms with Crippen LogP contribution in [-0.2, 0) is 18.5 Å². The van der Waals surface area contributed by atoms with Gasteiger partial charge in [-0.1, -0.05) is 82.5 Å². The van der Waals surface area contributed by atoms with Gasteiger partial charge in [0.1, 0.15) is 0 Å². The van der Waals surface area contributed by atoms with Crippen molar-refractivity contribution in [2.45, 2.75) is 72.4 Å². The third kappa shape index (κ3) is 6.35. The summed E-state index contributed by atoms with van der Waals surface area (Å²) in [5.74, 6) is 0.116. The van der Waals surface area contributed by atoms with E-state index in [9.17, 15) is 4.79 Å². The summed E-state index contributed by atoms with van der Waals surface area (Å²) >= 11 is 0. The molecule has 0 atom stereocenters. The molecule has 3 aromatic rings. The van der Waals surface area contributed by atoms with Crippen LogP contribution >= 0.6 is 0 Å². The van der Waals surface area contributed by atoms with Crippen LogP contribution in [0.4, 0.5) is 0 Å². The van der Waals surface area contributed by atoms with Crippen molar-refractivity contribution in [3.8, 4) is 0 Å². The summed E-state index contributed by atoms with van der Waals surface area (Å²) in [6.45, 7) is 13.1. The summed E-state index contributed by atoms with van der Waals surface area (Å²) in [6.07, 6.45) is 5.43. The largest absolute Gasteiger partial charge is 0.345 e. The average Bonchev–Trinajstić information content (AvgIpc) is 3.18. The molecular weight excluding hydrogens is 392 g/mol. The molecule has 3 nitrogen and oxygen atoms in total. The first-order chi connectivity index (χ1) is 15.3. The van der Waals surface area contributed by atoms with Crippen LogP contribution in [0.15, 0.2) is 66.9 Å². The van der Waals surface area contributed by atoms with Gasteiger partial charge in [0.25, 0.3) is 5.91 Å². The minimum Gasteiger partial charge on any atom is -0.345 e. The van der Waals surface area contributed by atoms with Gasteiger partial charge >= 0.3 is 0 Å². The highest BCUT2D eigenvalue weighted by Gasteiger charge is 2.19. The van der Waals surface area contributed by atoms with Crippen LogP contribution in [-0.4, -0.2) is 21.9 Å². The Morgan fingerprint density at radius 3 is 2.38 bits per heavy atom. The molecule has 0 unspecified atom stereocenters. The molecule has 0 fully saturated rings. The Labute approximate surface area is 194 Å². The van der Waals surface area contributed by atoms with Crippen molar-refractivity contribution in [3.63, 3.8) is 0 Å². The van der Waals surface area contributed by atoms with E-state index >= 15 is 0 Å². The first-order valence-electron chi connectivity index (χ1n) is 11.9. The van der Waals surface area contributed by atoms with E-state index in [2.05, 4.69) is 93.9 Å². The van der Waals surface area contributed by atoms with Gasteiger partial charge in [-0.05, 0) is 54.2 Å². The molecule has 0 aliphatic heterocycles. The van der Waals surface area contributed by atoms with Crippen LogP contribution in [0, 0.1) is 6.92 Å². The van der Waals surface area contributed by atoms with Gasteiger partial charge in [0.05, 0.1) is 6.54 Å². The fourth-order valence-electron chi connectivity index (χ4n) is 4.05. The number of amides is 1. The van der Waals surface area contributed by atoms with E-state index in [1.165, 1.54) is 22.4 Å². The number of nitrogens with zero attached hydrogens (tertiary/aromatic N) is 2. The van der Waals surface area contributed by atoms with Crippen LogP contribution in [0.3, 0.4) is 0 Å². The van der Waals surface area contributed by atoms with Crippen molar-refractivity contribution < 1.29 is 4.79 Å². The zero-order valence-electron chi connectivity index (χ0n) is 20.4. The summed E-state index contributed by atoms with van der Waals surface area (Å²) in [7, 11) is 0. The fraction of sp³-hybridized carbons (Fsp3) is 0.414. The molecule has 32 heavy (non-hydrogen) atoms. The highest BCUT2D eigenvalue weighted by Crippen LogP contribution is 2.23. The lowest BCUT2D eigenvalue weighted by Gasteiger charge is -2.25. The van der Waals surface area contributed by atoms with Crippen LogP contribution < -0.4 is 0 Å². The molecule has 0 N–H and O–H groups in total. The molecule has 2 aromatic carbocycles. The van der Waals surface area contributed by atoms with Gasteiger partial charge in [-0.3, -0.25) is 4.79 Å². The van der Waals surface area contributed by atoms with Crippen LogP contribution in [0.25, 0.3) is 0 Å². The maximum absolute atomic E-state index is 13.5. The molecule has 0 saturated carbocycles. The zero-order valence-corrected chi connectivity index (χ0v) is 20.4. The lowest BCUT2D eigenvalue weighted by Crippen LogP contribution is -2.32. The Balaban J connectivity index is 1.79. The molecule has 170 valence electrons. The summed E-state index contributed by atoms with van der Waals surface area (Å²) in [4.78, 5) is 15.5. The van der Waals surface area contributed by atoms with Crippen molar-refractivity contribution in [2.24, 2.45) is 0 Å². The predicted octanol–water partition coefficient (Wildman–Crippen LogP) is 6.97. The first kappa shape index (κ1) is 23.8. The van der Waals surface area contributed by atoms with Crippen molar-refractivity contribution in [1.29, 1.82) is 0 Å². The van der Waals surface area contributed by atoms with Gasteiger partial charge in [0, 0.05) is 30.5 Å². The molecule has 0 aliphatic rings. The first-order valence-corrected chi connectivity index (χ1v) is 11.9. The quantitative estimate of drug-likeness (QED) is 0.336. The maximum Gasteiger partial charge on any atom is 0.254 e. The Morgan fingerprint density at radius 1 is 0.969 bits per heavy atom. The standard InChI is InChI=1S/C29H38N2O/c1-6-7-8-18-31(28(32)25-14-16-26(17-15-25)29(3,4)5)22-27-13-10-19-30(27)21-24-12-9-11-23(2)20-24/h9-17,19-20H,6-8,18,21-22H2,1-5H3. The fourth-order valence-corrected chi connectivity index (χ4v) is 4.05. The van der Waals surface area contributed by atoms with Gasteiger partial charge in [0.2, 0.25) is 0 Å². The number of carbonyl (C=O) groups excluding carboxylic acids is 1. The van der Waals surface area contributed by atoms with Crippen LogP contribution in [0.2, 0.25) is 0 Å². The second kappa shape index (κ2) is 10.7. The monoisotopic (exact) mass is 430 g/mol. The smallest absolute Gasteiger partial charge is 0.254 e. The highest BCUT2D eigenvalue weighted by atomic mass is 16.2. The molecule has 1 heterocycles. The van der Waals surface area contributed by atoms with Crippen molar-refractivity contribution >= 4 is 5.91 Å². The van der Waals surface area contributed by atoms with Crippen LogP contribution in [0.5, 0.6) is 0 Å². The second-order valence-corrected chi connectivity index (χ2v) is 9.88. The Hall–Kier alpha value is -2.81.